The molecule has 1 heterocycles. The Balaban J connectivity index is 1.88. The molecule has 0 N–H and O–H groups in total. The van der Waals surface area contributed by atoms with Gasteiger partial charge in [0.05, 0.1) is 11.3 Å². The molecule has 1 saturated carbocycles. The third-order valence-corrected chi connectivity index (χ3v) is 4.64. The van der Waals surface area contributed by atoms with Crippen molar-refractivity contribution in [3.8, 4) is 6.07 Å². The van der Waals surface area contributed by atoms with Gasteiger partial charge in [-0.2, -0.15) is 5.26 Å². The summed E-state index contributed by atoms with van der Waals surface area (Å²) in [6.07, 6.45) is 4.15. The van der Waals surface area contributed by atoms with Crippen molar-refractivity contribution in [1.29, 1.82) is 5.26 Å². The zero-order valence-corrected chi connectivity index (χ0v) is 11.3. The highest BCUT2D eigenvalue weighted by molar-refractivity contribution is 9.10. The number of rotatable bonds is 1. The number of hydrogen-bond donors (Lipinski definition) is 0. The van der Waals surface area contributed by atoms with Crippen LogP contribution in [0.5, 0.6) is 0 Å². The monoisotopic (exact) mass is 290 g/mol. The highest BCUT2D eigenvalue weighted by atomic mass is 79.9. The average molecular weight is 291 g/mol. The van der Waals surface area contributed by atoms with Gasteiger partial charge < -0.3 is 4.90 Å². The number of nitriles is 1. The van der Waals surface area contributed by atoms with E-state index in [1.807, 2.05) is 12.1 Å². The van der Waals surface area contributed by atoms with Gasteiger partial charge in [-0.25, -0.2) is 0 Å². The molecule has 3 rings (SSSR count). The number of halogens is 1. The summed E-state index contributed by atoms with van der Waals surface area (Å²) < 4.78 is 0.984. The summed E-state index contributed by atoms with van der Waals surface area (Å²) in [6, 6.07) is 8.33. The molecule has 2 unspecified atom stereocenters. The third-order valence-electron chi connectivity index (χ3n) is 4.15. The second kappa shape index (κ2) is 4.34. The lowest BCUT2D eigenvalue weighted by Crippen LogP contribution is -2.21. The average Bonchev–Trinajstić information content (AvgIpc) is 2.89. The zero-order valence-electron chi connectivity index (χ0n) is 9.69. The van der Waals surface area contributed by atoms with Gasteiger partial charge in [0, 0.05) is 17.6 Å². The van der Waals surface area contributed by atoms with Gasteiger partial charge >= 0.3 is 0 Å². The Morgan fingerprint density at radius 2 is 1.94 bits per heavy atom. The molecule has 0 radical (unpaired) electrons. The Bertz CT molecular complexity index is 466. The standard InChI is InChI=1S/C14H15BrN2/c15-13-4-5-14(12(6-13)7-16)17-8-10-2-1-3-11(10)9-17/h4-6,10-11H,1-3,8-9H2. The SMILES string of the molecule is N#Cc1cc(Br)ccc1N1CC2CCCC2C1. The van der Waals surface area contributed by atoms with Gasteiger partial charge in [0.25, 0.3) is 0 Å². The van der Waals surface area contributed by atoms with Crippen LogP contribution in [-0.4, -0.2) is 13.1 Å². The molecule has 1 aromatic carbocycles. The van der Waals surface area contributed by atoms with E-state index in [-0.39, 0.29) is 0 Å². The molecule has 1 aliphatic carbocycles. The van der Waals surface area contributed by atoms with Gasteiger partial charge in [-0.05, 0) is 42.9 Å². The third kappa shape index (κ3) is 1.95. The lowest BCUT2D eigenvalue weighted by atomic mass is 10.0. The molecule has 0 spiro atoms. The van der Waals surface area contributed by atoms with E-state index in [0.717, 1.165) is 40.6 Å². The van der Waals surface area contributed by atoms with Crippen LogP contribution in [0.4, 0.5) is 5.69 Å². The molecule has 2 aliphatic rings. The summed E-state index contributed by atoms with van der Waals surface area (Å²) >= 11 is 3.42. The maximum Gasteiger partial charge on any atom is 0.101 e. The topological polar surface area (TPSA) is 27.0 Å². The maximum absolute atomic E-state index is 9.21. The van der Waals surface area contributed by atoms with E-state index in [0.29, 0.717) is 0 Å². The Hall–Kier alpha value is -1.01. The minimum Gasteiger partial charge on any atom is -0.370 e. The number of anilines is 1. The summed E-state index contributed by atoms with van der Waals surface area (Å²) in [5.41, 5.74) is 1.91. The predicted octanol–water partition coefficient (Wildman–Crippen LogP) is 3.56. The van der Waals surface area contributed by atoms with Crippen LogP contribution in [0.25, 0.3) is 0 Å². The largest absolute Gasteiger partial charge is 0.370 e. The first-order chi connectivity index (χ1) is 8.28. The van der Waals surface area contributed by atoms with E-state index in [1.54, 1.807) is 0 Å². The summed E-state index contributed by atoms with van der Waals surface area (Å²) in [4.78, 5) is 2.40. The molecule has 1 aliphatic heterocycles. The van der Waals surface area contributed by atoms with Crippen LogP contribution in [0.2, 0.25) is 0 Å². The van der Waals surface area contributed by atoms with Gasteiger partial charge in [-0.3, -0.25) is 0 Å². The van der Waals surface area contributed by atoms with E-state index < -0.39 is 0 Å². The van der Waals surface area contributed by atoms with Crippen LogP contribution >= 0.6 is 15.9 Å². The van der Waals surface area contributed by atoms with Crippen molar-refractivity contribution >= 4 is 21.6 Å². The highest BCUT2D eigenvalue weighted by Gasteiger charge is 2.36. The minimum absolute atomic E-state index is 0.791. The maximum atomic E-state index is 9.21. The van der Waals surface area contributed by atoms with E-state index in [2.05, 4.69) is 33.0 Å². The van der Waals surface area contributed by atoms with Gasteiger partial charge in [0.2, 0.25) is 0 Å². The van der Waals surface area contributed by atoms with Gasteiger partial charge in [0.15, 0.2) is 0 Å². The fourth-order valence-electron chi connectivity index (χ4n) is 3.31. The van der Waals surface area contributed by atoms with Crippen LogP contribution in [0, 0.1) is 23.2 Å². The molecule has 0 amide bonds. The molecule has 1 aromatic rings. The summed E-state index contributed by atoms with van der Waals surface area (Å²) in [5.74, 6) is 1.73. The molecule has 1 saturated heterocycles. The summed E-state index contributed by atoms with van der Waals surface area (Å²) in [6.45, 7) is 2.28. The first kappa shape index (κ1) is 11.1. The molecule has 3 heteroatoms. The van der Waals surface area contributed by atoms with Crippen LogP contribution < -0.4 is 4.90 Å². The minimum atomic E-state index is 0.791. The Kier molecular flexibility index (Phi) is 2.84. The van der Waals surface area contributed by atoms with Gasteiger partial charge in [-0.1, -0.05) is 22.4 Å². The van der Waals surface area contributed by atoms with Crippen molar-refractivity contribution in [2.24, 2.45) is 11.8 Å². The van der Waals surface area contributed by atoms with Crippen molar-refractivity contribution < 1.29 is 0 Å². The number of benzene rings is 1. The van der Waals surface area contributed by atoms with Crippen molar-refractivity contribution in [3.05, 3.63) is 28.2 Å². The Morgan fingerprint density at radius 3 is 2.59 bits per heavy atom. The van der Waals surface area contributed by atoms with Crippen LogP contribution in [-0.2, 0) is 0 Å². The molecular weight excluding hydrogens is 276 g/mol. The van der Waals surface area contributed by atoms with Gasteiger partial charge in [0.1, 0.15) is 6.07 Å². The quantitative estimate of drug-likeness (QED) is 0.791. The van der Waals surface area contributed by atoms with Crippen molar-refractivity contribution in [2.75, 3.05) is 18.0 Å². The first-order valence-electron chi connectivity index (χ1n) is 6.22. The fraction of sp³-hybridized carbons (Fsp3) is 0.500. The summed E-state index contributed by atoms with van der Waals surface area (Å²) in [5, 5.41) is 9.21. The van der Waals surface area contributed by atoms with Crippen molar-refractivity contribution in [2.45, 2.75) is 19.3 Å². The molecule has 2 fully saturated rings. The first-order valence-corrected chi connectivity index (χ1v) is 7.02. The highest BCUT2D eigenvalue weighted by Crippen LogP contribution is 2.40. The predicted molar refractivity (Wildman–Crippen MR) is 71.9 cm³/mol. The van der Waals surface area contributed by atoms with E-state index in [9.17, 15) is 5.26 Å². The normalized spacial score (nSPS) is 26.9. The lowest BCUT2D eigenvalue weighted by molar-refractivity contribution is 0.494. The number of nitrogens with zero attached hydrogens (tertiary/aromatic N) is 2. The van der Waals surface area contributed by atoms with Crippen LogP contribution in [0.1, 0.15) is 24.8 Å². The van der Waals surface area contributed by atoms with Crippen molar-refractivity contribution in [1.82, 2.24) is 0 Å². The van der Waals surface area contributed by atoms with Crippen molar-refractivity contribution in [3.63, 3.8) is 0 Å². The fourth-order valence-corrected chi connectivity index (χ4v) is 3.67. The van der Waals surface area contributed by atoms with E-state index in [1.165, 1.54) is 19.3 Å². The lowest BCUT2D eigenvalue weighted by Gasteiger charge is -2.20. The smallest absolute Gasteiger partial charge is 0.101 e. The second-order valence-corrected chi connectivity index (χ2v) is 6.04. The molecular formula is C14H15BrN2. The Labute approximate surface area is 110 Å². The molecule has 2 atom stereocenters. The molecule has 17 heavy (non-hydrogen) atoms. The van der Waals surface area contributed by atoms with E-state index in [4.69, 9.17) is 0 Å². The molecule has 0 bridgehead atoms. The number of fused-ring (bicyclic) bond motifs is 1. The second-order valence-electron chi connectivity index (χ2n) is 5.13. The molecule has 2 nitrogen and oxygen atoms in total. The Morgan fingerprint density at radius 1 is 1.24 bits per heavy atom. The summed E-state index contributed by atoms with van der Waals surface area (Å²) in [7, 11) is 0. The zero-order chi connectivity index (χ0) is 11.8. The van der Waals surface area contributed by atoms with Gasteiger partial charge in [-0.15, -0.1) is 0 Å². The van der Waals surface area contributed by atoms with Crippen LogP contribution in [0.3, 0.4) is 0 Å². The number of hydrogen-bond acceptors (Lipinski definition) is 2. The van der Waals surface area contributed by atoms with Crippen LogP contribution in [0.15, 0.2) is 22.7 Å². The molecule has 0 aromatic heterocycles. The molecule has 88 valence electrons. The van der Waals surface area contributed by atoms with E-state index >= 15 is 0 Å².